The molecule has 3 nitrogen and oxygen atoms in total. The molecule has 2 unspecified atom stereocenters. The van der Waals surface area contributed by atoms with Gasteiger partial charge in [0, 0.05) is 25.6 Å². The molecule has 1 amide bonds. The summed E-state index contributed by atoms with van der Waals surface area (Å²) in [5.74, 6) is 0.815. The first-order valence-corrected chi connectivity index (χ1v) is 7.01. The van der Waals surface area contributed by atoms with Crippen molar-refractivity contribution in [1.29, 1.82) is 0 Å². The highest BCUT2D eigenvalue weighted by Crippen LogP contribution is 2.14. The van der Waals surface area contributed by atoms with Crippen molar-refractivity contribution in [3.8, 4) is 0 Å². The van der Waals surface area contributed by atoms with E-state index in [0.29, 0.717) is 30.3 Å². The van der Waals surface area contributed by atoms with E-state index in [9.17, 15) is 4.79 Å². The van der Waals surface area contributed by atoms with Crippen LogP contribution in [0.15, 0.2) is 0 Å². The van der Waals surface area contributed by atoms with E-state index in [0.717, 1.165) is 13.0 Å². The average molecular weight is 240 g/mol. The van der Waals surface area contributed by atoms with Gasteiger partial charge in [0.2, 0.25) is 5.91 Å². The fourth-order valence-electron chi connectivity index (χ4n) is 2.32. The first-order chi connectivity index (χ1) is 8.02. The summed E-state index contributed by atoms with van der Waals surface area (Å²) in [6.45, 7) is 7.58. The van der Waals surface area contributed by atoms with Crippen LogP contribution in [0.5, 0.6) is 0 Å². The largest absolute Gasteiger partial charge is 0.343 e. The minimum atomic E-state index is 0.290. The molecule has 1 aliphatic rings. The van der Waals surface area contributed by atoms with E-state index in [1.54, 1.807) is 0 Å². The van der Waals surface area contributed by atoms with Gasteiger partial charge in [-0.3, -0.25) is 4.79 Å². The van der Waals surface area contributed by atoms with E-state index in [2.05, 4.69) is 26.1 Å². The zero-order chi connectivity index (χ0) is 12.8. The number of nitrogens with zero attached hydrogens (tertiary/aromatic N) is 1. The third-order valence-electron chi connectivity index (χ3n) is 4.09. The van der Waals surface area contributed by atoms with Gasteiger partial charge in [0.1, 0.15) is 0 Å². The molecule has 0 aromatic rings. The van der Waals surface area contributed by atoms with Gasteiger partial charge in [-0.25, -0.2) is 0 Å². The molecular formula is C14H28N2O. The molecule has 100 valence electrons. The summed E-state index contributed by atoms with van der Waals surface area (Å²) in [5.41, 5.74) is 0. The van der Waals surface area contributed by atoms with Crippen LogP contribution in [-0.4, -0.2) is 36.5 Å². The number of rotatable bonds is 5. The van der Waals surface area contributed by atoms with Crippen molar-refractivity contribution in [2.45, 2.75) is 65.0 Å². The maximum atomic E-state index is 12.0. The molecule has 1 aliphatic heterocycles. The summed E-state index contributed by atoms with van der Waals surface area (Å²) in [6, 6.07) is 0.900. The number of carbonyl (C=O) groups is 1. The first kappa shape index (κ1) is 14.5. The van der Waals surface area contributed by atoms with Gasteiger partial charge in [0.05, 0.1) is 0 Å². The zero-order valence-electron chi connectivity index (χ0n) is 11.8. The van der Waals surface area contributed by atoms with Gasteiger partial charge in [-0.2, -0.15) is 0 Å². The van der Waals surface area contributed by atoms with E-state index in [-0.39, 0.29) is 0 Å². The summed E-state index contributed by atoms with van der Waals surface area (Å²) in [6.07, 6.45) is 5.51. The van der Waals surface area contributed by atoms with Crippen LogP contribution < -0.4 is 5.32 Å². The van der Waals surface area contributed by atoms with Crippen molar-refractivity contribution < 1.29 is 4.79 Å². The second-order valence-corrected chi connectivity index (χ2v) is 5.67. The van der Waals surface area contributed by atoms with Crippen LogP contribution in [0.3, 0.4) is 0 Å². The molecule has 1 saturated heterocycles. The van der Waals surface area contributed by atoms with Crippen molar-refractivity contribution in [3.63, 3.8) is 0 Å². The minimum absolute atomic E-state index is 0.290. The molecule has 1 N–H and O–H groups in total. The van der Waals surface area contributed by atoms with E-state index in [1.165, 1.54) is 19.3 Å². The molecule has 0 aliphatic carbocycles. The van der Waals surface area contributed by atoms with Crippen LogP contribution >= 0.6 is 0 Å². The summed E-state index contributed by atoms with van der Waals surface area (Å²) in [4.78, 5) is 13.9. The Labute approximate surface area is 106 Å². The Morgan fingerprint density at radius 1 is 1.35 bits per heavy atom. The highest BCUT2D eigenvalue weighted by atomic mass is 16.2. The predicted molar refractivity (Wildman–Crippen MR) is 71.9 cm³/mol. The highest BCUT2D eigenvalue weighted by molar-refractivity contribution is 5.76. The molecular weight excluding hydrogens is 212 g/mol. The van der Waals surface area contributed by atoms with E-state index >= 15 is 0 Å². The number of nitrogens with one attached hydrogen (secondary N) is 1. The molecule has 1 heterocycles. The van der Waals surface area contributed by atoms with Crippen LogP contribution in [0.25, 0.3) is 0 Å². The molecule has 0 aromatic carbocycles. The molecule has 2 atom stereocenters. The van der Waals surface area contributed by atoms with Crippen LogP contribution in [0.4, 0.5) is 0 Å². The minimum Gasteiger partial charge on any atom is -0.343 e. The molecule has 0 saturated carbocycles. The van der Waals surface area contributed by atoms with Crippen molar-refractivity contribution in [2.75, 3.05) is 13.6 Å². The third-order valence-corrected chi connectivity index (χ3v) is 4.09. The Morgan fingerprint density at radius 3 is 2.59 bits per heavy atom. The molecule has 17 heavy (non-hydrogen) atoms. The smallest absolute Gasteiger partial charge is 0.222 e. The zero-order valence-corrected chi connectivity index (χ0v) is 11.8. The standard InChI is InChI=1S/C14H28N2O/c1-11(2)12(3)16(4)14(17)9-8-13-7-5-6-10-15-13/h11-13,15H,5-10H2,1-4H3. The van der Waals surface area contributed by atoms with E-state index in [4.69, 9.17) is 0 Å². The topological polar surface area (TPSA) is 32.3 Å². The Morgan fingerprint density at radius 2 is 2.06 bits per heavy atom. The van der Waals surface area contributed by atoms with Gasteiger partial charge < -0.3 is 10.2 Å². The maximum absolute atomic E-state index is 12.0. The highest BCUT2D eigenvalue weighted by Gasteiger charge is 2.20. The van der Waals surface area contributed by atoms with Crippen LogP contribution in [0, 0.1) is 5.92 Å². The Hall–Kier alpha value is -0.570. The van der Waals surface area contributed by atoms with Crippen LogP contribution in [-0.2, 0) is 4.79 Å². The van der Waals surface area contributed by atoms with Crippen molar-refractivity contribution in [2.24, 2.45) is 5.92 Å². The molecule has 1 fully saturated rings. The number of carbonyl (C=O) groups excluding carboxylic acids is 1. The quantitative estimate of drug-likeness (QED) is 0.800. The number of amides is 1. The maximum Gasteiger partial charge on any atom is 0.222 e. The SMILES string of the molecule is CC(C)C(C)N(C)C(=O)CCC1CCCCN1. The lowest BCUT2D eigenvalue weighted by molar-refractivity contribution is -0.132. The van der Waals surface area contributed by atoms with Gasteiger partial charge in [0.15, 0.2) is 0 Å². The Balaban J connectivity index is 2.28. The van der Waals surface area contributed by atoms with Gasteiger partial charge >= 0.3 is 0 Å². The summed E-state index contributed by atoms with van der Waals surface area (Å²) in [5, 5.41) is 3.49. The van der Waals surface area contributed by atoms with Gasteiger partial charge in [-0.05, 0) is 38.6 Å². The predicted octanol–water partition coefficient (Wildman–Crippen LogP) is 2.41. The van der Waals surface area contributed by atoms with Gasteiger partial charge in [-0.1, -0.05) is 20.3 Å². The van der Waals surface area contributed by atoms with Gasteiger partial charge in [0.25, 0.3) is 0 Å². The average Bonchev–Trinajstić information content (AvgIpc) is 2.35. The molecule has 0 aromatic heterocycles. The lowest BCUT2D eigenvalue weighted by atomic mass is 9.99. The van der Waals surface area contributed by atoms with E-state index < -0.39 is 0 Å². The monoisotopic (exact) mass is 240 g/mol. The third kappa shape index (κ3) is 4.66. The Kier molecular flexibility index (Phi) is 5.96. The molecule has 3 heteroatoms. The summed E-state index contributed by atoms with van der Waals surface area (Å²) >= 11 is 0. The molecule has 1 rings (SSSR count). The normalized spacial score (nSPS) is 22.5. The summed E-state index contributed by atoms with van der Waals surface area (Å²) in [7, 11) is 1.93. The van der Waals surface area contributed by atoms with Crippen molar-refractivity contribution >= 4 is 5.91 Å². The van der Waals surface area contributed by atoms with Gasteiger partial charge in [-0.15, -0.1) is 0 Å². The van der Waals surface area contributed by atoms with Crippen LogP contribution in [0.2, 0.25) is 0 Å². The second kappa shape index (κ2) is 7.00. The Bertz CT molecular complexity index is 234. The lowest BCUT2D eigenvalue weighted by Crippen LogP contribution is -2.40. The van der Waals surface area contributed by atoms with Crippen molar-refractivity contribution in [3.05, 3.63) is 0 Å². The van der Waals surface area contributed by atoms with Crippen LogP contribution in [0.1, 0.15) is 52.9 Å². The fourth-order valence-corrected chi connectivity index (χ4v) is 2.32. The number of piperidine rings is 1. The number of hydrogen-bond acceptors (Lipinski definition) is 2. The summed E-state index contributed by atoms with van der Waals surface area (Å²) < 4.78 is 0. The molecule has 0 bridgehead atoms. The molecule has 0 radical (unpaired) electrons. The first-order valence-electron chi connectivity index (χ1n) is 7.01. The fraction of sp³-hybridized carbons (Fsp3) is 0.929. The lowest BCUT2D eigenvalue weighted by Gasteiger charge is -2.29. The van der Waals surface area contributed by atoms with Crippen molar-refractivity contribution in [1.82, 2.24) is 10.2 Å². The molecule has 0 spiro atoms. The number of hydrogen-bond donors (Lipinski definition) is 1. The van der Waals surface area contributed by atoms with E-state index in [1.807, 2.05) is 11.9 Å². The second-order valence-electron chi connectivity index (χ2n) is 5.67.